The average molecular weight is 483 g/mol. The molecular weight excluding hydrogens is 452 g/mol. The Labute approximate surface area is 202 Å². The molecule has 3 aromatic rings. The number of ether oxygens (including phenoxy) is 1. The number of nitrogens with zero attached hydrogens (tertiary/aromatic N) is 4. The first kappa shape index (κ1) is 23.9. The zero-order chi connectivity index (χ0) is 24.5. The molecule has 1 aliphatic rings. The molecule has 1 saturated heterocycles. The van der Waals surface area contributed by atoms with Crippen molar-refractivity contribution in [3.63, 3.8) is 0 Å². The Balaban J connectivity index is 1.42. The Morgan fingerprint density at radius 2 is 1.71 bits per heavy atom. The minimum atomic E-state index is -0.548. The van der Waals surface area contributed by atoms with Gasteiger partial charge in [0.2, 0.25) is 5.91 Å². The number of carbonyl (C=O) groups is 2. The summed E-state index contributed by atoms with van der Waals surface area (Å²) < 4.78 is 6.93. The van der Waals surface area contributed by atoms with Gasteiger partial charge in [0.15, 0.2) is 0 Å². The Morgan fingerprint density at radius 1 is 1.06 bits per heavy atom. The molecule has 1 fully saturated rings. The number of hydrogen-bond donors (Lipinski definition) is 0. The van der Waals surface area contributed by atoms with E-state index in [4.69, 9.17) is 4.74 Å². The third-order valence-corrected chi connectivity index (χ3v) is 6.78. The number of hydrogen-bond acceptors (Lipinski definition) is 6. The van der Waals surface area contributed by atoms with Crippen LogP contribution in [-0.4, -0.2) is 63.1 Å². The molecule has 0 radical (unpaired) electrons. The summed E-state index contributed by atoms with van der Waals surface area (Å²) in [5, 5.41) is 0.606. The smallest absolute Gasteiger partial charge is 0.410 e. The van der Waals surface area contributed by atoms with E-state index in [1.165, 1.54) is 22.2 Å². The predicted octanol–water partition coefficient (Wildman–Crippen LogP) is 3.90. The van der Waals surface area contributed by atoms with Crippen LogP contribution < -0.4 is 5.56 Å². The van der Waals surface area contributed by atoms with Crippen molar-refractivity contribution in [1.82, 2.24) is 19.4 Å². The molecule has 8 nitrogen and oxygen atoms in total. The highest BCUT2D eigenvalue weighted by molar-refractivity contribution is 7.19. The summed E-state index contributed by atoms with van der Waals surface area (Å²) in [7, 11) is 0. The second-order valence-electron chi connectivity index (χ2n) is 9.42. The lowest BCUT2D eigenvalue weighted by atomic mass is 10.0. The van der Waals surface area contributed by atoms with Gasteiger partial charge in [-0.15, -0.1) is 11.3 Å². The number of fused-ring (bicyclic) bond motifs is 1. The van der Waals surface area contributed by atoms with E-state index >= 15 is 0 Å². The van der Waals surface area contributed by atoms with E-state index in [1.807, 2.05) is 58.0 Å². The van der Waals surface area contributed by atoms with Crippen LogP contribution in [0.2, 0.25) is 0 Å². The number of benzene rings is 1. The standard InChI is InChI=1S/C25H30N4O4S/c1-17-20(18-8-6-5-7-9-18)21-22(34-17)26-16-29(23(21)31)11-10-19(30)27-12-14-28(15-13-27)24(32)33-25(2,3)4/h5-9,16H,10-15H2,1-4H3. The van der Waals surface area contributed by atoms with Crippen LogP contribution in [0.3, 0.4) is 0 Å². The number of carbonyl (C=O) groups excluding carboxylic acids is 2. The van der Waals surface area contributed by atoms with Crippen molar-refractivity contribution in [2.24, 2.45) is 0 Å². The van der Waals surface area contributed by atoms with Gasteiger partial charge in [-0.3, -0.25) is 14.2 Å². The molecule has 3 heterocycles. The molecule has 4 rings (SSSR count). The molecule has 1 aliphatic heterocycles. The predicted molar refractivity (Wildman–Crippen MR) is 133 cm³/mol. The van der Waals surface area contributed by atoms with Crippen molar-refractivity contribution >= 4 is 33.6 Å². The first-order valence-electron chi connectivity index (χ1n) is 11.4. The summed E-state index contributed by atoms with van der Waals surface area (Å²) in [6.07, 6.45) is 1.37. The van der Waals surface area contributed by atoms with Crippen LogP contribution in [0, 0.1) is 6.92 Å². The highest BCUT2D eigenvalue weighted by atomic mass is 32.1. The van der Waals surface area contributed by atoms with Crippen LogP contribution in [0.1, 0.15) is 32.1 Å². The lowest BCUT2D eigenvalue weighted by molar-refractivity contribution is -0.133. The largest absolute Gasteiger partial charge is 0.444 e. The molecule has 0 aliphatic carbocycles. The minimum absolute atomic E-state index is 0.0411. The van der Waals surface area contributed by atoms with E-state index in [0.29, 0.717) is 36.4 Å². The van der Waals surface area contributed by atoms with Gasteiger partial charge < -0.3 is 14.5 Å². The van der Waals surface area contributed by atoms with Crippen LogP contribution in [0.25, 0.3) is 21.3 Å². The Morgan fingerprint density at radius 3 is 2.35 bits per heavy atom. The van der Waals surface area contributed by atoms with E-state index in [1.54, 1.807) is 9.80 Å². The van der Waals surface area contributed by atoms with E-state index in [2.05, 4.69) is 4.98 Å². The molecule has 1 aromatic carbocycles. The van der Waals surface area contributed by atoms with Gasteiger partial charge in [0, 0.05) is 49.6 Å². The Hall–Kier alpha value is -3.20. The fraction of sp³-hybridized carbons (Fsp3) is 0.440. The third-order valence-electron chi connectivity index (χ3n) is 5.77. The maximum Gasteiger partial charge on any atom is 0.410 e. The third kappa shape index (κ3) is 5.14. The topological polar surface area (TPSA) is 84.7 Å². The molecule has 9 heteroatoms. The van der Waals surface area contributed by atoms with Gasteiger partial charge in [0.1, 0.15) is 10.4 Å². The zero-order valence-corrected chi connectivity index (χ0v) is 20.9. The van der Waals surface area contributed by atoms with Crippen molar-refractivity contribution in [2.45, 2.75) is 46.3 Å². The van der Waals surface area contributed by atoms with Crippen molar-refractivity contribution in [3.05, 3.63) is 51.9 Å². The SMILES string of the molecule is Cc1sc2ncn(CCC(=O)N3CCN(C(=O)OC(C)(C)C)CC3)c(=O)c2c1-c1ccccc1. The van der Waals surface area contributed by atoms with Gasteiger partial charge in [-0.25, -0.2) is 9.78 Å². The van der Waals surface area contributed by atoms with Crippen molar-refractivity contribution < 1.29 is 14.3 Å². The quantitative estimate of drug-likeness (QED) is 0.563. The van der Waals surface area contributed by atoms with Gasteiger partial charge in [0.25, 0.3) is 5.56 Å². The normalized spacial score (nSPS) is 14.5. The highest BCUT2D eigenvalue weighted by Crippen LogP contribution is 2.35. The maximum absolute atomic E-state index is 13.3. The number of aryl methyl sites for hydroxylation is 2. The molecule has 0 bridgehead atoms. The van der Waals surface area contributed by atoms with Gasteiger partial charge in [0.05, 0.1) is 11.7 Å². The van der Waals surface area contributed by atoms with Crippen LogP contribution in [0.4, 0.5) is 4.79 Å². The van der Waals surface area contributed by atoms with Crippen LogP contribution >= 0.6 is 11.3 Å². The van der Waals surface area contributed by atoms with Gasteiger partial charge in [-0.1, -0.05) is 30.3 Å². The lowest BCUT2D eigenvalue weighted by Gasteiger charge is -2.35. The fourth-order valence-electron chi connectivity index (χ4n) is 4.09. The first-order chi connectivity index (χ1) is 16.1. The van der Waals surface area contributed by atoms with E-state index in [9.17, 15) is 14.4 Å². The Kier molecular flexibility index (Phi) is 6.74. The van der Waals surface area contributed by atoms with Crippen molar-refractivity contribution in [1.29, 1.82) is 0 Å². The molecule has 180 valence electrons. The maximum atomic E-state index is 13.3. The summed E-state index contributed by atoms with van der Waals surface area (Å²) in [6.45, 7) is 9.52. The summed E-state index contributed by atoms with van der Waals surface area (Å²) in [6, 6.07) is 9.84. The average Bonchev–Trinajstić information content (AvgIpc) is 3.14. The number of thiophene rings is 1. The second-order valence-corrected chi connectivity index (χ2v) is 10.6. The zero-order valence-electron chi connectivity index (χ0n) is 20.0. The summed E-state index contributed by atoms with van der Waals surface area (Å²) >= 11 is 1.51. The molecule has 34 heavy (non-hydrogen) atoms. The molecular formula is C25H30N4O4S. The molecule has 2 aromatic heterocycles. The molecule has 0 N–H and O–H groups in total. The number of amides is 2. The number of piperazine rings is 1. The van der Waals surface area contributed by atoms with Crippen LogP contribution in [-0.2, 0) is 16.1 Å². The minimum Gasteiger partial charge on any atom is -0.444 e. The van der Waals surface area contributed by atoms with Crippen LogP contribution in [0.15, 0.2) is 41.5 Å². The molecule has 0 unspecified atom stereocenters. The van der Waals surface area contributed by atoms with Gasteiger partial charge in [-0.05, 0) is 33.3 Å². The monoisotopic (exact) mass is 482 g/mol. The van der Waals surface area contributed by atoms with E-state index < -0.39 is 5.60 Å². The second kappa shape index (κ2) is 9.58. The fourth-order valence-corrected chi connectivity index (χ4v) is 5.09. The van der Waals surface area contributed by atoms with E-state index in [0.717, 1.165) is 16.0 Å². The summed E-state index contributed by atoms with van der Waals surface area (Å²) in [5.41, 5.74) is 1.22. The van der Waals surface area contributed by atoms with Gasteiger partial charge >= 0.3 is 6.09 Å². The number of aromatic nitrogens is 2. The first-order valence-corrected chi connectivity index (χ1v) is 12.3. The molecule has 0 saturated carbocycles. The molecule has 0 spiro atoms. The van der Waals surface area contributed by atoms with Gasteiger partial charge in [-0.2, -0.15) is 0 Å². The van der Waals surface area contributed by atoms with E-state index in [-0.39, 0.29) is 30.5 Å². The van der Waals surface area contributed by atoms with Crippen molar-refractivity contribution in [3.8, 4) is 11.1 Å². The molecule has 0 atom stereocenters. The lowest BCUT2D eigenvalue weighted by Crippen LogP contribution is -2.51. The number of rotatable bonds is 4. The Bertz CT molecular complexity index is 1250. The summed E-state index contributed by atoms with van der Waals surface area (Å²) in [4.78, 5) is 48.0. The van der Waals surface area contributed by atoms with Crippen LogP contribution in [0.5, 0.6) is 0 Å². The highest BCUT2D eigenvalue weighted by Gasteiger charge is 2.27. The van der Waals surface area contributed by atoms with Crippen molar-refractivity contribution in [2.75, 3.05) is 26.2 Å². The summed E-state index contributed by atoms with van der Waals surface area (Å²) in [5.74, 6) is -0.0411. The molecule has 2 amide bonds.